The lowest BCUT2D eigenvalue weighted by Gasteiger charge is -2.27. The minimum Gasteiger partial charge on any atom is -0.310 e. The summed E-state index contributed by atoms with van der Waals surface area (Å²) in [5.74, 6) is 0.901. The molecule has 1 amide bonds. The number of carbonyl (C=O) groups is 1. The number of hydrogen-bond acceptors (Lipinski definition) is 3. The number of aryl methyl sites for hydroxylation is 2. The standard InChI is InChI=1S/C23H23N3OS/c1-15-14-24-26(19-11-6-9-16-7-2-4-10-18(16)19)22(15)25-23(27)21-13-17-8-3-5-12-20(17)28-21/h2-5,7-8,10,12,14,19,21H,6,9,11,13H2,1H3,(H,25,27). The van der Waals surface area contributed by atoms with Gasteiger partial charge in [-0.2, -0.15) is 5.10 Å². The summed E-state index contributed by atoms with van der Waals surface area (Å²) in [4.78, 5) is 14.3. The normalized spacial score (nSPS) is 20.5. The molecule has 0 saturated heterocycles. The van der Waals surface area contributed by atoms with Gasteiger partial charge in [-0.25, -0.2) is 4.68 Å². The van der Waals surface area contributed by atoms with Crippen molar-refractivity contribution >= 4 is 23.5 Å². The Morgan fingerprint density at radius 2 is 1.93 bits per heavy atom. The highest BCUT2D eigenvalue weighted by molar-refractivity contribution is 8.01. The maximum absolute atomic E-state index is 13.0. The summed E-state index contributed by atoms with van der Waals surface area (Å²) in [6.07, 6.45) is 5.95. The van der Waals surface area contributed by atoms with Crippen LogP contribution in [0.1, 0.15) is 41.1 Å². The van der Waals surface area contributed by atoms with E-state index in [1.54, 1.807) is 11.8 Å². The van der Waals surface area contributed by atoms with Gasteiger partial charge >= 0.3 is 0 Å². The summed E-state index contributed by atoms with van der Waals surface area (Å²) in [7, 11) is 0. The molecule has 0 bridgehead atoms. The number of rotatable bonds is 3. The van der Waals surface area contributed by atoms with Crippen LogP contribution >= 0.6 is 11.8 Å². The van der Waals surface area contributed by atoms with Gasteiger partial charge in [-0.3, -0.25) is 4.79 Å². The minimum absolute atomic E-state index is 0.0649. The van der Waals surface area contributed by atoms with Crippen molar-refractivity contribution in [2.75, 3.05) is 5.32 Å². The first-order valence-electron chi connectivity index (χ1n) is 9.88. The lowest BCUT2D eigenvalue weighted by atomic mass is 9.88. The summed E-state index contributed by atoms with van der Waals surface area (Å²) in [6.45, 7) is 2.02. The molecule has 2 aromatic carbocycles. The fourth-order valence-corrected chi connectivity index (χ4v) is 5.54. The predicted molar refractivity (Wildman–Crippen MR) is 113 cm³/mol. The van der Waals surface area contributed by atoms with Crippen molar-refractivity contribution in [3.8, 4) is 0 Å². The van der Waals surface area contributed by atoms with E-state index >= 15 is 0 Å². The first kappa shape index (κ1) is 17.6. The molecule has 2 unspecified atom stereocenters. The Kier molecular flexibility index (Phi) is 4.47. The predicted octanol–water partition coefficient (Wildman–Crippen LogP) is 4.77. The molecule has 1 aliphatic heterocycles. The molecule has 28 heavy (non-hydrogen) atoms. The largest absolute Gasteiger partial charge is 0.310 e. The number of amides is 1. The smallest absolute Gasteiger partial charge is 0.239 e. The second kappa shape index (κ2) is 7.13. The van der Waals surface area contributed by atoms with Crippen molar-refractivity contribution in [1.82, 2.24) is 9.78 Å². The van der Waals surface area contributed by atoms with Crippen molar-refractivity contribution in [2.24, 2.45) is 0 Å². The van der Waals surface area contributed by atoms with Gasteiger partial charge in [0.1, 0.15) is 5.82 Å². The zero-order chi connectivity index (χ0) is 19.1. The average molecular weight is 390 g/mol. The van der Waals surface area contributed by atoms with Crippen LogP contribution in [0.15, 0.2) is 59.6 Å². The molecule has 0 radical (unpaired) electrons. The Bertz CT molecular complexity index is 1020. The molecule has 0 fully saturated rings. The lowest BCUT2D eigenvalue weighted by Crippen LogP contribution is -2.28. The van der Waals surface area contributed by atoms with Gasteiger partial charge in [-0.15, -0.1) is 11.8 Å². The van der Waals surface area contributed by atoms with E-state index in [0.29, 0.717) is 0 Å². The zero-order valence-electron chi connectivity index (χ0n) is 15.9. The quantitative estimate of drug-likeness (QED) is 0.702. The highest BCUT2D eigenvalue weighted by Gasteiger charge is 2.30. The van der Waals surface area contributed by atoms with Gasteiger partial charge in [0, 0.05) is 10.5 Å². The molecule has 0 saturated carbocycles. The monoisotopic (exact) mass is 389 g/mol. The minimum atomic E-state index is -0.0845. The number of nitrogens with zero attached hydrogens (tertiary/aromatic N) is 2. The summed E-state index contributed by atoms with van der Waals surface area (Å²) in [5, 5.41) is 7.77. The number of benzene rings is 2. The van der Waals surface area contributed by atoms with Crippen molar-refractivity contribution in [3.63, 3.8) is 0 Å². The van der Waals surface area contributed by atoms with Gasteiger partial charge in [-0.1, -0.05) is 42.5 Å². The molecule has 1 aliphatic carbocycles. The Labute approximate surface area is 169 Å². The third-order valence-electron chi connectivity index (χ3n) is 5.79. The van der Waals surface area contributed by atoms with Crippen LogP contribution in [0.3, 0.4) is 0 Å². The van der Waals surface area contributed by atoms with Crippen LogP contribution < -0.4 is 5.32 Å². The fourth-order valence-electron chi connectivity index (χ4n) is 4.35. The first-order valence-corrected chi connectivity index (χ1v) is 10.8. The van der Waals surface area contributed by atoms with E-state index in [1.165, 1.54) is 21.6 Å². The number of aromatic nitrogens is 2. The highest BCUT2D eigenvalue weighted by Crippen LogP contribution is 2.38. The van der Waals surface area contributed by atoms with Crippen LogP contribution in [-0.2, 0) is 17.6 Å². The molecule has 2 atom stereocenters. The summed E-state index contributed by atoms with van der Waals surface area (Å²) < 4.78 is 2.03. The van der Waals surface area contributed by atoms with Crippen molar-refractivity contribution in [3.05, 3.63) is 77.0 Å². The van der Waals surface area contributed by atoms with Gasteiger partial charge in [-0.05, 0) is 55.4 Å². The van der Waals surface area contributed by atoms with E-state index in [-0.39, 0.29) is 17.2 Å². The van der Waals surface area contributed by atoms with Crippen LogP contribution in [-0.4, -0.2) is 20.9 Å². The molecule has 0 spiro atoms. The Morgan fingerprint density at radius 3 is 2.79 bits per heavy atom. The number of fused-ring (bicyclic) bond motifs is 2. The topological polar surface area (TPSA) is 46.9 Å². The second-order valence-electron chi connectivity index (χ2n) is 7.64. The van der Waals surface area contributed by atoms with Gasteiger partial charge < -0.3 is 5.32 Å². The van der Waals surface area contributed by atoms with Crippen LogP contribution in [0.25, 0.3) is 0 Å². The van der Waals surface area contributed by atoms with E-state index in [2.05, 4.69) is 46.8 Å². The summed E-state index contributed by atoms with van der Waals surface area (Å²) >= 11 is 1.66. The van der Waals surface area contributed by atoms with E-state index in [0.717, 1.165) is 37.1 Å². The molecule has 2 heterocycles. The maximum Gasteiger partial charge on any atom is 0.239 e. The van der Waals surface area contributed by atoms with Crippen molar-refractivity contribution < 1.29 is 4.79 Å². The molecule has 1 aromatic heterocycles. The SMILES string of the molecule is Cc1cnn(C2CCCc3ccccc32)c1NC(=O)C1Cc2ccccc2S1. The zero-order valence-corrected chi connectivity index (χ0v) is 16.7. The molecule has 4 nitrogen and oxygen atoms in total. The highest BCUT2D eigenvalue weighted by atomic mass is 32.2. The first-order chi connectivity index (χ1) is 13.7. The molecule has 2 aliphatic rings. The molecular formula is C23H23N3OS. The van der Waals surface area contributed by atoms with Crippen LogP contribution in [0.5, 0.6) is 0 Å². The van der Waals surface area contributed by atoms with Gasteiger partial charge in [0.25, 0.3) is 0 Å². The second-order valence-corrected chi connectivity index (χ2v) is 8.88. The van der Waals surface area contributed by atoms with Crippen molar-refractivity contribution in [1.29, 1.82) is 0 Å². The third kappa shape index (κ3) is 3.04. The Hall–Kier alpha value is -2.53. The number of carbonyl (C=O) groups excluding carboxylic acids is 1. The molecule has 5 rings (SSSR count). The maximum atomic E-state index is 13.0. The summed E-state index contributed by atoms with van der Waals surface area (Å²) in [6, 6.07) is 17.1. The third-order valence-corrected chi connectivity index (χ3v) is 7.11. The van der Waals surface area contributed by atoms with E-state index in [1.807, 2.05) is 29.9 Å². The van der Waals surface area contributed by atoms with Crippen molar-refractivity contribution in [2.45, 2.75) is 48.8 Å². The van der Waals surface area contributed by atoms with Crippen LogP contribution in [0, 0.1) is 6.92 Å². The average Bonchev–Trinajstić information content (AvgIpc) is 3.32. The fraction of sp³-hybridized carbons (Fsp3) is 0.304. The number of nitrogens with one attached hydrogen (secondary N) is 1. The van der Waals surface area contributed by atoms with E-state index in [4.69, 9.17) is 0 Å². The molecule has 1 N–H and O–H groups in total. The van der Waals surface area contributed by atoms with Gasteiger partial charge in [0.15, 0.2) is 0 Å². The number of hydrogen-bond donors (Lipinski definition) is 1. The Balaban J connectivity index is 1.41. The molecular weight excluding hydrogens is 366 g/mol. The van der Waals surface area contributed by atoms with Gasteiger partial charge in [0.05, 0.1) is 17.5 Å². The number of anilines is 1. The molecule has 3 aromatic rings. The lowest BCUT2D eigenvalue weighted by molar-refractivity contribution is -0.115. The van der Waals surface area contributed by atoms with E-state index < -0.39 is 0 Å². The molecule has 5 heteroatoms. The van der Waals surface area contributed by atoms with Crippen LogP contribution in [0.2, 0.25) is 0 Å². The molecule has 142 valence electrons. The summed E-state index contributed by atoms with van der Waals surface area (Å²) in [5.41, 5.74) is 5.00. The van der Waals surface area contributed by atoms with Crippen LogP contribution in [0.4, 0.5) is 5.82 Å². The Morgan fingerprint density at radius 1 is 1.14 bits per heavy atom. The van der Waals surface area contributed by atoms with E-state index in [9.17, 15) is 4.79 Å². The van der Waals surface area contributed by atoms with Gasteiger partial charge in [0.2, 0.25) is 5.91 Å². The number of thioether (sulfide) groups is 1.